The minimum absolute atomic E-state index is 0.0852. The molecule has 0 atom stereocenters. The summed E-state index contributed by atoms with van der Waals surface area (Å²) in [6, 6.07) is 10.8. The monoisotopic (exact) mass is 303 g/mol. The van der Waals surface area contributed by atoms with Gasteiger partial charge in [-0.15, -0.1) is 0 Å². The molecule has 0 radical (unpaired) electrons. The number of ketones is 1. The van der Waals surface area contributed by atoms with Crippen molar-refractivity contribution >= 4 is 11.9 Å². The van der Waals surface area contributed by atoms with E-state index in [1.165, 1.54) is 6.08 Å². The van der Waals surface area contributed by atoms with E-state index in [2.05, 4.69) is 15.0 Å². The zero-order chi connectivity index (χ0) is 15.9. The van der Waals surface area contributed by atoms with Crippen molar-refractivity contribution in [2.24, 2.45) is 0 Å². The highest BCUT2D eigenvalue weighted by molar-refractivity contribution is 6.06. The first-order valence-electron chi connectivity index (χ1n) is 6.98. The van der Waals surface area contributed by atoms with Crippen LogP contribution in [0, 0.1) is 0 Å². The van der Waals surface area contributed by atoms with Crippen LogP contribution in [0.3, 0.4) is 0 Å². The third-order valence-corrected chi connectivity index (χ3v) is 3.02. The quantitative estimate of drug-likeness (QED) is 0.532. The summed E-state index contributed by atoms with van der Waals surface area (Å²) in [6.07, 6.45) is 11.1. The van der Waals surface area contributed by atoms with E-state index in [9.17, 15) is 4.79 Å². The number of carbonyl (C=O) groups is 1. The van der Waals surface area contributed by atoms with Gasteiger partial charge in [0.05, 0.1) is 6.20 Å². The standard InChI is InChI=1S/C18H13N3O2/c22-17(15-2-1-9-19-12-15)8-5-14-3-6-16(7-4-14)23-18-13-20-10-11-21-18/h1-13H/b8-5+. The third kappa shape index (κ3) is 4.07. The Labute approximate surface area is 133 Å². The van der Waals surface area contributed by atoms with Crippen molar-refractivity contribution in [3.8, 4) is 11.6 Å². The van der Waals surface area contributed by atoms with E-state index >= 15 is 0 Å². The van der Waals surface area contributed by atoms with Gasteiger partial charge in [-0.25, -0.2) is 4.98 Å². The van der Waals surface area contributed by atoms with Crippen molar-refractivity contribution in [3.05, 3.63) is 84.6 Å². The number of nitrogens with zero attached hydrogens (tertiary/aromatic N) is 3. The van der Waals surface area contributed by atoms with Gasteiger partial charge >= 0.3 is 0 Å². The Morgan fingerprint density at radius 1 is 0.957 bits per heavy atom. The summed E-state index contributed by atoms with van der Waals surface area (Å²) < 4.78 is 5.56. The van der Waals surface area contributed by atoms with Crippen LogP contribution in [-0.2, 0) is 0 Å². The van der Waals surface area contributed by atoms with E-state index in [1.807, 2.05) is 24.3 Å². The molecule has 1 aromatic carbocycles. The van der Waals surface area contributed by atoms with E-state index in [0.29, 0.717) is 17.2 Å². The maximum absolute atomic E-state index is 12.0. The number of hydrogen-bond donors (Lipinski definition) is 0. The first kappa shape index (κ1) is 14.6. The Balaban J connectivity index is 1.65. The number of carbonyl (C=O) groups excluding carboxylic acids is 1. The van der Waals surface area contributed by atoms with Crippen LogP contribution in [0.4, 0.5) is 0 Å². The summed E-state index contributed by atoms with van der Waals surface area (Å²) in [5.41, 5.74) is 1.46. The van der Waals surface area contributed by atoms with E-state index in [1.54, 1.807) is 49.2 Å². The molecule has 0 amide bonds. The Bertz CT molecular complexity index is 801. The molecule has 0 aliphatic carbocycles. The summed E-state index contributed by atoms with van der Waals surface area (Å²) >= 11 is 0. The maximum atomic E-state index is 12.0. The molecule has 2 aromatic heterocycles. The highest BCUT2D eigenvalue weighted by atomic mass is 16.5. The summed E-state index contributed by atoms with van der Waals surface area (Å²) in [5.74, 6) is 1.00. The molecular weight excluding hydrogens is 290 g/mol. The molecule has 5 nitrogen and oxygen atoms in total. The summed E-state index contributed by atoms with van der Waals surface area (Å²) in [5, 5.41) is 0. The predicted molar refractivity (Wildman–Crippen MR) is 86.1 cm³/mol. The average molecular weight is 303 g/mol. The summed E-state index contributed by atoms with van der Waals surface area (Å²) in [7, 11) is 0. The van der Waals surface area contributed by atoms with Crippen molar-refractivity contribution < 1.29 is 9.53 Å². The maximum Gasteiger partial charge on any atom is 0.237 e. The number of allylic oxidation sites excluding steroid dienone is 1. The molecule has 0 fully saturated rings. The Kier molecular flexibility index (Phi) is 4.49. The van der Waals surface area contributed by atoms with Crippen molar-refractivity contribution in [1.82, 2.24) is 15.0 Å². The number of ether oxygens (including phenoxy) is 1. The second kappa shape index (κ2) is 7.09. The van der Waals surface area contributed by atoms with Gasteiger partial charge in [0.1, 0.15) is 5.75 Å². The van der Waals surface area contributed by atoms with Gasteiger partial charge in [-0.05, 0) is 35.9 Å². The average Bonchev–Trinajstić information content (AvgIpc) is 2.62. The molecule has 0 spiro atoms. The molecule has 0 bridgehead atoms. The van der Waals surface area contributed by atoms with Crippen LogP contribution in [0.2, 0.25) is 0 Å². The van der Waals surface area contributed by atoms with Crippen molar-refractivity contribution in [2.45, 2.75) is 0 Å². The molecule has 3 aromatic rings. The van der Waals surface area contributed by atoms with Gasteiger partial charge < -0.3 is 4.74 Å². The molecular formula is C18H13N3O2. The van der Waals surface area contributed by atoms with Gasteiger partial charge in [-0.3, -0.25) is 14.8 Å². The lowest BCUT2D eigenvalue weighted by Crippen LogP contribution is -1.94. The van der Waals surface area contributed by atoms with Crippen LogP contribution in [0.25, 0.3) is 6.08 Å². The van der Waals surface area contributed by atoms with E-state index in [4.69, 9.17) is 4.74 Å². The van der Waals surface area contributed by atoms with Crippen LogP contribution in [0.1, 0.15) is 15.9 Å². The minimum atomic E-state index is -0.0852. The van der Waals surface area contributed by atoms with Gasteiger partial charge in [0.25, 0.3) is 0 Å². The summed E-state index contributed by atoms with van der Waals surface area (Å²) in [4.78, 5) is 23.9. The smallest absolute Gasteiger partial charge is 0.237 e. The number of pyridine rings is 1. The Hall–Kier alpha value is -3.34. The zero-order valence-corrected chi connectivity index (χ0v) is 12.2. The highest BCUT2D eigenvalue weighted by Crippen LogP contribution is 2.19. The fourth-order valence-corrected chi connectivity index (χ4v) is 1.88. The van der Waals surface area contributed by atoms with Crippen LogP contribution < -0.4 is 4.74 Å². The molecule has 0 saturated heterocycles. The fraction of sp³-hybridized carbons (Fsp3) is 0. The largest absolute Gasteiger partial charge is 0.438 e. The van der Waals surface area contributed by atoms with Gasteiger partial charge in [0.2, 0.25) is 5.88 Å². The lowest BCUT2D eigenvalue weighted by atomic mass is 10.1. The lowest BCUT2D eigenvalue weighted by Gasteiger charge is -2.03. The molecule has 112 valence electrons. The molecule has 0 saturated carbocycles. The Morgan fingerprint density at radius 3 is 2.48 bits per heavy atom. The lowest BCUT2D eigenvalue weighted by molar-refractivity contribution is 0.104. The summed E-state index contributed by atoms with van der Waals surface area (Å²) in [6.45, 7) is 0. The highest BCUT2D eigenvalue weighted by Gasteiger charge is 2.01. The normalized spacial score (nSPS) is 10.6. The second-order valence-corrected chi connectivity index (χ2v) is 4.65. The molecule has 0 aliphatic heterocycles. The zero-order valence-electron chi connectivity index (χ0n) is 12.2. The van der Waals surface area contributed by atoms with Gasteiger partial charge in [0, 0.05) is 30.4 Å². The van der Waals surface area contributed by atoms with E-state index in [0.717, 1.165) is 5.56 Å². The van der Waals surface area contributed by atoms with Crippen molar-refractivity contribution in [3.63, 3.8) is 0 Å². The first-order chi connectivity index (χ1) is 11.3. The second-order valence-electron chi connectivity index (χ2n) is 4.65. The molecule has 3 rings (SSSR count). The topological polar surface area (TPSA) is 65.0 Å². The molecule has 0 unspecified atom stereocenters. The number of rotatable bonds is 5. The van der Waals surface area contributed by atoms with Gasteiger partial charge in [-0.1, -0.05) is 18.2 Å². The SMILES string of the molecule is O=C(/C=C/c1ccc(Oc2cnccn2)cc1)c1cccnc1. The van der Waals surface area contributed by atoms with E-state index in [-0.39, 0.29) is 5.78 Å². The molecule has 0 N–H and O–H groups in total. The predicted octanol–water partition coefficient (Wildman–Crippen LogP) is 3.56. The molecule has 5 heteroatoms. The van der Waals surface area contributed by atoms with Crippen LogP contribution in [-0.4, -0.2) is 20.7 Å². The number of benzene rings is 1. The molecule has 23 heavy (non-hydrogen) atoms. The van der Waals surface area contributed by atoms with Crippen LogP contribution in [0.15, 0.2) is 73.5 Å². The number of hydrogen-bond acceptors (Lipinski definition) is 5. The van der Waals surface area contributed by atoms with Crippen molar-refractivity contribution in [1.29, 1.82) is 0 Å². The van der Waals surface area contributed by atoms with Gasteiger partial charge in [0.15, 0.2) is 5.78 Å². The van der Waals surface area contributed by atoms with Crippen LogP contribution in [0.5, 0.6) is 11.6 Å². The molecule has 2 heterocycles. The van der Waals surface area contributed by atoms with Crippen molar-refractivity contribution in [2.75, 3.05) is 0 Å². The minimum Gasteiger partial charge on any atom is -0.438 e. The fourth-order valence-electron chi connectivity index (χ4n) is 1.88. The third-order valence-electron chi connectivity index (χ3n) is 3.02. The van der Waals surface area contributed by atoms with Gasteiger partial charge in [-0.2, -0.15) is 0 Å². The van der Waals surface area contributed by atoms with E-state index < -0.39 is 0 Å². The number of aromatic nitrogens is 3. The van der Waals surface area contributed by atoms with Crippen LogP contribution >= 0.6 is 0 Å². The Morgan fingerprint density at radius 2 is 1.78 bits per heavy atom. The molecule has 0 aliphatic rings. The first-order valence-corrected chi connectivity index (χ1v) is 6.98.